The monoisotopic (exact) mass is 305 g/mol. The second kappa shape index (κ2) is 4.71. The fraction of sp³-hybridized carbons (Fsp3) is 0.111. The fourth-order valence-electron chi connectivity index (χ4n) is 2.94. The third-order valence-electron chi connectivity index (χ3n) is 4.21. The summed E-state index contributed by atoms with van der Waals surface area (Å²) in [5, 5.41) is 9.64. The van der Waals surface area contributed by atoms with Gasteiger partial charge in [0.05, 0.1) is 10.8 Å². The zero-order chi connectivity index (χ0) is 16.1. The van der Waals surface area contributed by atoms with Gasteiger partial charge in [0, 0.05) is 19.8 Å². The molecule has 0 aliphatic carbocycles. The van der Waals surface area contributed by atoms with Crippen LogP contribution in [0.5, 0.6) is 0 Å². The molecule has 0 aliphatic rings. The standard InChI is InChI=1S/C18H15N3O2/c1-21(2)14-4-3-10-5-12-8-15-16(18(23)20-19-17(15)22)9-13(12)6-11(10)7-14/h3-9H,1-2H3,(H,19,22)(H,20,23). The van der Waals surface area contributed by atoms with Crippen LogP contribution in [0.2, 0.25) is 0 Å². The molecular weight excluding hydrogens is 290 g/mol. The number of nitrogens with one attached hydrogen (secondary N) is 2. The summed E-state index contributed by atoms with van der Waals surface area (Å²) in [6.45, 7) is 0. The molecule has 0 saturated heterocycles. The molecule has 0 unspecified atom stereocenters. The van der Waals surface area contributed by atoms with E-state index in [1.165, 1.54) is 0 Å². The Morgan fingerprint density at radius 2 is 1.22 bits per heavy atom. The number of anilines is 1. The second-order valence-electron chi connectivity index (χ2n) is 5.93. The van der Waals surface area contributed by atoms with Crippen LogP contribution < -0.4 is 16.0 Å². The summed E-state index contributed by atoms with van der Waals surface area (Å²) in [6.07, 6.45) is 0. The molecule has 0 spiro atoms. The Bertz CT molecular complexity index is 1190. The lowest BCUT2D eigenvalue weighted by molar-refractivity contribution is 0.977. The first-order valence-electron chi connectivity index (χ1n) is 7.32. The first-order chi connectivity index (χ1) is 11.0. The maximum atomic E-state index is 11.9. The maximum Gasteiger partial charge on any atom is 0.270 e. The van der Waals surface area contributed by atoms with Crippen molar-refractivity contribution in [2.45, 2.75) is 0 Å². The number of hydrogen-bond donors (Lipinski definition) is 2. The van der Waals surface area contributed by atoms with Crippen molar-refractivity contribution in [1.29, 1.82) is 0 Å². The van der Waals surface area contributed by atoms with E-state index in [2.05, 4.69) is 34.5 Å². The lowest BCUT2D eigenvalue weighted by Gasteiger charge is -2.13. The Balaban J connectivity index is 2.12. The van der Waals surface area contributed by atoms with Crippen LogP contribution in [0.1, 0.15) is 0 Å². The minimum atomic E-state index is -0.288. The van der Waals surface area contributed by atoms with Crippen molar-refractivity contribution in [2.24, 2.45) is 0 Å². The van der Waals surface area contributed by atoms with Gasteiger partial charge < -0.3 is 4.90 Å². The second-order valence-corrected chi connectivity index (χ2v) is 5.93. The zero-order valence-electron chi connectivity index (χ0n) is 12.8. The summed E-state index contributed by atoms with van der Waals surface area (Å²) < 4.78 is 0. The van der Waals surface area contributed by atoms with Crippen LogP contribution in [-0.2, 0) is 0 Å². The van der Waals surface area contributed by atoms with Crippen LogP contribution in [0.15, 0.2) is 52.1 Å². The van der Waals surface area contributed by atoms with Crippen molar-refractivity contribution in [3.05, 3.63) is 63.2 Å². The SMILES string of the molecule is CN(C)c1ccc2cc3cc4c(=O)[nH][nH]c(=O)c4cc3cc2c1. The van der Waals surface area contributed by atoms with Crippen LogP contribution in [-0.4, -0.2) is 24.3 Å². The average molecular weight is 305 g/mol. The van der Waals surface area contributed by atoms with Gasteiger partial charge in [0.25, 0.3) is 11.1 Å². The third-order valence-corrected chi connectivity index (χ3v) is 4.21. The van der Waals surface area contributed by atoms with E-state index in [1.807, 2.05) is 25.1 Å². The van der Waals surface area contributed by atoms with Gasteiger partial charge in [-0.15, -0.1) is 0 Å². The van der Waals surface area contributed by atoms with Gasteiger partial charge in [-0.25, -0.2) is 0 Å². The van der Waals surface area contributed by atoms with Gasteiger partial charge in [-0.05, 0) is 57.9 Å². The van der Waals surface area contributed by atoms with E-state index in [0.717, 1.165) is 27.2 Å². The van der Waals surface area contributed by atoms with Crippen LogP contribution in [0.4, 0.5) is 5.69 Å². The average Bonchev–Trinajstić information content (AvgIpc) is 2.54. The summed E-state index contributed by atoms with van der Waals surface area (Å²) >= 11 is 0. The van der Waals surface area contributed by atoms with Crippen LogP contribution >= 0.6 is 0 Å². The highest BCUT2D eigenvalue weighted by molar-refractivity contribution is 6.04. The van der Waals surface area contributed by atoms with Gasteiger partial charge in [0.1, 0.15) is 0 Å². The van der Waals surface area contributed by atoms with Gasteiger partial charge in [0.15, 0.2) is 0 Å². The number of hydrogen-bond acceptors (Lipinski definition) is 3. The summed E-state index contributed by atoms with van der Waals surface area (Å²) in [7, 11) is 4.00. The quantitative estimate of drug-likeness (QED) is 0.531. The fourth-order valence-corrected chi connectivity index (χ4v) is 2.94. The molecule has 0 amide bonds. The van der Waals surface area contributed by atoms with Gasteiger partial charge >= 0.3 is 0 Å². The molecule has 114 valence electrons. The van der Waals surface area contributed by atoms with Crippen molar-refractivity contribution in [3.63, 3.8) is 0 Å². The Labute approximate surface area is 131 Å². The van der Waals surface area contributed by atoms with Crippen molar-refractivity contribution in [2.75, 3.05) is 19.0 Å². The lowest BCUT2D eigenvalue weighted by atomic mass is 10.0. The third kappa shape index (κ3) is 2.09. The number of rotatable bonds is 1. The molecule has 3 aromatic carbocycles. The summed E-state index contributed by atoms with van der Waals surface area (Å²) in [6, 6.07) is 13.9. The molecule has 0 atom stereocenters. The van der Waals surface area contributed by atoms with E-state index in [1.54, 1.807) is 12.1 Å². The highest BCUT2D eigenvalue weighted by atomic mass is 16.1. The molecule has 23 heavy (non-hydrogen) atoms. The molecule has 5 nitrogen and oxygen atoms in total. The van der Waals surface area contributed by atoms with E-state index in [9.17, 15) is 9.59 Å². The predicted molar refractivity (Wildman–Crippen MR) is 94.5 cm³/mol. The maximum absolute atomic E-state index is 11.9. The largest absolute Gasteiger partial charge is 0.378 e. The summed E-state index contributed by atoms with van der Waals surface area (Å²) in [4.78, 5) is 25.9. The predicted octanol–water partition coefficient (Wildman–Crippen LogP) is 2.59. The van der Waals surface area contributed by atoms with E-state index in [0.29, 0.717) is 10.8 Å². The topological polar surface area (TPSA) is 69.0 Å². The molecule has 0 fully saturated rings. The molecule has 1 heterocycles. The van der Waals surface area contributed by atoms with Crippen molar-refractivity contribution >= 4 is 38.0 Å². The Hall–Kier alpha value is -3.08. The number of H-pyrrole nitrogens is 2. The Morgan fingerprint density at radius 3 is 1.78 bits per heavy atom. The molecule has 0 radical (unpaired) electrons. The van der Waals surface area contributed by atoms with E-state index >= 15 is 0 Å². The molecule has 0 saturated carbocycles. The van der Waals surface area contributed by atoms with E-state index < -0.39 is 0 Å². The first kappa shape index (κ1) is 13.6. The first-order valence-corrected chi connectivity index (χ1v) is 7.32. The number of fused-ring (bicyclic) bond motifs is 3. The van der Waals surface area contributed by atoms with Gasteiger partial charge in [-0.2, -0.15) is 0 Å². The van der Waals surface area contributed by atoms with Gasteiger partial charge in [-0.3, -0.25) is 19.8 Å². The molecular formula is C18H15N3O2. The summed E-state index contributed by atoms with van der Waals surface area (Å²) in [5.74, 6) is 0. The van der Waals surface area contributed by atoms with E-state index in [-0.39, 0.29) is 11.1 Å². The van der Waals surface area contributed by atoms with Crippen LogP contribution in [0, 0.1) is 0 Å². The van der Waals surface area contributed by atoms with Gasteiger partial charge in [0.2, 0.25) is 0 Å². The van der Waals surface area contributed by atoms with Crippen LogP contribution in [0.3, 0.4) is 0 Å². The number of aromatic nitrogens is 2. The molecule has 4 rings (SSSR count). The van der Waals surface area contributed by atoms with Gasteiger partial charge in [-0.1, -0.05) is 6.07 Å². The van der Waals surface area contributed by atoms with Crippen molar-refractivity contribution in [3.8, 4) is 0 Å². The molecule has 0 aliphatic heterocycles. The van der Waals surface area contributed by atoms with Crippen LogP contribution in [0.25, 0.3) is 32.3 Å². The Morgan fingerprint density at radius 1 is 0.696 bits per heavy atom. The number of nitrogens with zero attached hydrogens (tertiary/aromatic N) is 1. The lowest BCUT2D eigenvalue weighted by Crippen LogP contribution is -2.18. The minimum absolute atomic E-state index is 0.287. The molecule has 2 N–H and O–H groups in total. The smallest absolute Gasteiger partial charge is 0.270 e. The summed E-state index contributed by atoms with van der Waals surface area (Å²) in [5.41, 5.74) is 0.542. The number of benzene rings is 3. The molecule has 0 bridgehead atoms. The zero-order valence-corrected chi connectivity index (χ0v) is 12.8. The van der Waals surface area contributed by atoms with Crippen molar-refractivity contribution < 1.29 is 0 Å². The highest BCUT2D eigenvalue weighted by Crippen LogP contribution is 2.27. The van der Waals surface area contributed by atoms with Crippen molar-refractivity contribution in [1.82, 2.24) is 10.2 Å². The highest BCUT2D eigenvalue weighted by Gasteiger charge is 2.07. The Kier molecular flexibility index (Phi) is 2.78. The normalized spacial score (nSPS) is 11.4. The van der Waals surface area contributed by atoms with E-state index in [4.69, 9.17) is 0 Å². The molecule has 1 aromatic heterocycles. The molecule has 5 heteroatoms. The number of aromatic amines is 2. The molecule has 4 aromatic rings. The minimum Gasteiger partial charge on any atom is -0.378 e.